The predicted molar refractivity (Wildman–Crippen MR) is 66.7 cm³/mol. The number of allylic oxidation sites excluding steroid dienone is 1. The fourth-order valence-electron chi connectivity index (χ4n) is 4.19. The highest BCUT2D eigenvalue weighted by Gasteiger charge is 2.58. The maximum atomic E-state index is 12.3. The van der Waals surface area contributed by atoms with Gasteiger partial charge in [0.1, 0.15) is 11.9 Å². The summed E-state index contributed by atoms with van der Waals surface area (Å²) in [6.45, 7) is 6.09. The molecule has 0 N–H and O–H groups in total. The van der Waals surface area contributed by atoms with Gasteiger partial charge in [-0.3, -0.25) is 9.59 Å². The van der Waals surface area contributed by atoms with E-state index in [2.05, 4.69) is 13.8 Å². The molecule has 0 bridgehead atoms. The number of carbonyl (C=O) groups excluding carboxylic acids is 2. The third-order valence-electron chi connectivity index (χ3n) is 5.44. The van der Waals surface area contributed by atoms with Gasteiger partial charge in [0.25, 0.3) is 0 Å². The van der Waals surface area contributed by atoms with Crippen LogP contribution in [0.2, 0.25) is 0 Å². The zero-order valence-electron chi connectivity index (χ0n) is 11.2. The van der Waals surface area contributed by atoms with Gasteiger partial charge in [0.15, 0.2) is 0 Å². The van der Waals surface area contributed by atoms with E-state index in [4.69, 9.17) is 4.74 Å². The maximum absolute atomic E-state index is 12.3. The van der Waals surface area contributed by atoms with Crippen LogP contribution in [0.1, 0.15) is 40.0 Å². The minimum atomic E-state index is -0.315. The number of hydrogen-bond acceptors (Lipinski definition) is 3. The SMILES string of the molecule is CC1=CCC(=O)[C@]2(C)CC[C@H]3[C@H](C)C(=O)O[C@@H]3C12. The molecule has 0 amide bonds. The van der Waals surface area contributed by atoms with Crippen molar-refractivity contribution in [3.63, 3.8) is 0 Å². The lowest BCUT2D eigenvalue weighted by atomic mass is 9.55. The highest BCUT2D eigenvalue weighted by Crippen LogP contribution is 2.54. The fraction of sp³-hybridized carbons (Fsp3) is 0.733. The fourth-order valence-corrected chi connectivity index (χ4v) is 4.19. The molecule has 2 fully saturated rings. The largest absolute Gasteiger partial charge is 0.461 e. The molecule has 1 saturated heterocycles. The van der Waals surface area contributed by atoms with E-state index in [0.29, 0.717) is 18.1 Å². The van der Waals surface area contributed by atoms with Crippen molar-refractivity contribution in [1.29, 1.82) is 0 Å². The van der Waals surface area contributed by atoms with E-state index in [1.807, 2.05) is 13.0 Å². The molecule has 2 aliphatic carbocycles. The normalized spacial score (nSPS) is 47.2. The first kappa shape index (κ1) is 11.9. The van der Waals surface area contributed by atoms with Gasteiger partial charge in [-0.15, -0.1) is 0 Å². The van der Waals surface area contributed by atoms with Crippen LogP contribution in [0.4, 0.5) is 0 Å². The number of fused-ring (bicyclic) bond motifs is 3. The minimum absolute atomic E-state index is 0.00983. The molecule has 1 saturated carbocycles. The molecule has 0 radical (unpaired) electrons. The van der Waals surface area contributed by atoms with Crippen molar-refractivity contribution < 1.29 is 14.3 Å². The van der Waals surface area contributed by atoms with Gasteiger partial charge in [-0.2, -0.15) is 0 Å². The molecule has 1 heterocycles. The maximum Gasteiger partial charge on any atom is 0.309 e. The molecule has 1 unspecified atom stereocenters. The van der Waals surface area contributed by atoms with Crippen LogP contribution < -0.4 is 0 Å². The molecule has 18 heavy (non-hydrogen) atoms. The lowest BCUT2D eigenvalue weighted by molar-refractivity contribution is -0.151. The summed E-state index contributed by atoms with van der Waals surface area (Å²) < 4.78 is 5.60. The molecule has 3 rings (SSSR count). The Balaban J connectivity index is 2.03. The van der Waals surface area contributed by atoms with Crippen molar-refractivity contribution in [3.8, 4) is 0 Å². The molecule has 0 spiro atoms. The van der Waals surface area contributed by atoms with E-state index in [9.17, 15) is 9.59 Å². The van der Waals surface area contributed by atoms with E-state index >= 15 is 0 Å². The average Bonchev–Trinajstić information content (AvgIpc) is 2.60. The standard InChI is InChI=1S/C15H20O3/c1-8-4-5-11(16)15(3)7-6-10-9(2)14(17)18-13(10)12(8)15/h4,9-10,12-13H,5-7H2,1-3H3/t9-,10-,12?,13-,15-/m0/s1. The number of ketones is 1. The molecule has 0 aromatic rings. The molecule has 1 aliphatic heterocycles. The third-order valence-corrected chi connectivity index (χ3v) is 5.44. The summed E-state index contributed by atoms with van der Waals surface area (Å²) in [5.74, 6) is 0.618. The summed E-state index contributed by atoms with van der Waals surface area (Å²) >= 11 is 0. The van der Waals surface area contributed by atoms with Gasteiger partial charge >= 0.3 is 5.97 Å². The van der Waals surface area contributed by atoms with Crippen molar-refractivity contribution in [3.05, 3.63) is 11.6 Å². The molecule has 0 aromatic carbocycles. The second-order valence-electron chi connectivity index (χ2n) is 6.36. The van der Waals surface area contributed by atoms with Crippen LogP contribution >= 0.6 is 0 Å². The number of esters is 1. The second-order valence-corrected chi connectivity index (χ2v) is 6.36. The highest BCUT2D eigenvalue weighted by molar-refractivity contribution is 5.88. The lowest BCUT2D eigenvalue weighted by Crippen LogP contribution is -2.50. The van der Waals surface area contributed by atoms with Crippen LogP contribution in [0.5, 0.6) is 0 Å². The van der Waals surface area contributed by atoms with E-state index in [1.165, 1.54) is 5.57 Å². The molecule has 3 nitrogen and oxygen atoms in total. The van der Waals surface area contributed by atoms with Crippen LogP contribution in [0, 0.1) is 23.2 Å². The zero-order chi connectivity index (χ0) is 13.1. The topological polar surface area (TPSA) is 43.4 Å². The average molecular weight is 248 g/mol. The molecular weight excluding hydrogens is 228 g/mol. The Morgan fingerprint density at radius 3 is 2.83 bits per heavy atom. The Morgan fingerprint density at radius 1 is 1.39 bits per heavy atom. The van der Waals surface area contributed by atoms with Crippen LogP contribution in [0.3, 0.4) is 0 Å². The third kappa shape index (κ3) is 1.36. The summed E-state index contributed by atoms with van der Waals surface area (Å²) in [6.07, 6.45) is 4.31. The molecule has 3 aliphatic rings. The Hall–Kier alpha value is -1.12. The summed E-state index contributed by atoms with van der Waals surface area (Å²) in [6, 6.07) is 0. The van der Waals surface area contributed by atoms with Crippen molar-refractivity contribution in [2.45, 2.75) is 46.1 Å². The van der Waals surface area contributed by atoms with Crippen molar-refractivity contribution in [2.75, 3.05) is 0 Å². The number of hydrogen-bond donors (Lipinski definition) is 0. The highest BCUT2D eigenvalue weighted by atomic mass is 16.6. The summed E-state index contributed by atoms with van der Waals surface area (Å²) in [5.41, 5.74) is 0.915. The number of rotatable bonds is 0. The quantitative estimate of drug-likeness (QED) is 0.488. The molecule has 98 valence electrons. The van der Waals surface area contributed by atoms with Crippen LogP contribution in [-0.2, 0) is 14.3 Å². The number of Topliss-reactive ketones (excluding diaryl/α,β-unsaturated/α-hetero) is 1. The summed E-state index contributed by atoms with van der Waals surface area (Å²) in [5, 5.41) is 0. The van der Waals surface area contributed by atoms with Crippen molar-refractivity contribution >= 4 is 11.8 Å². The molecular formula is C15H20O3. The lowest BCUT2D eigenvalue weighted by Gasteiger charge is -2.48. The van der Waals surface area contributed by atoms with Gasteiger partial charge in [0, 0.05) is 23.7 Å². The van der Waals surface area contributed by atoms with Crippen LogP contribution in [-0.4, -0.2) is 17.9 Å². The van der Waals surface area contributed by atoms with E-state index < -0.39 is 0 Å². The Bertz CT molecular complexity index is 451. The number of carbonyl (C=O) groups is 2. The molecule has 5 atom stereocenters. The first-order valence-corrected chi connectivity index (χ1v) is 6.85. The zero-order valence-corrected chi connectivity index (χ0v) is 11.2. The number of ether oxygens (including phenoxy) is 1. The van der Waals surface area contributed by atoms with Gasteiger partial charge < -0.3 is 4.74 Å². The van der Waals surface area contributed by atoms with Gasteiger partial charge in [0.05, 0.1) is 5.92 Å². The first-order valence-electron chi connectivity index (χ1n) is 6.85. The van der Waals surface area contributed by atoms with Gasteiger partial charge in [-0.1, -0.05) is 25.5 Å². The van der Waals surface area contributed by atoms with E-state index in [-0.39, 0.29) is 29.3 Å². The monoisotopic (exact) mass is 248 g/mol. The van der Waals surface area contributed by atoms with Gasteiger partial charge in [-0.05, 0) is 19.8 Å². The van der Waals surface area contributed by atoms with Crippen LogP contribution in [0.15, 0.2) is 11.6 Å². The molecule has 0 aromatic heterocycles. The van der Waals surface area contributed by atoms with Crippen molar-refractivity contribution in [1.82, 2.24) is 0 Å². The van der Waals surface area contributed by atoms with E-state index in [1.54, 1.807) is 0 Å². The minimum Gasteiger partial charge on any atom is -0.461 e. The summed E-state index contributed by atoms with van der Waals surface area (Å²) in [7, 11) is 0. The van der Waals surface area contributed by atoms with Crippen LogP contribution in [0.25, 0.3) is 0 Å². The van der Waals surface area contributed by atoms with Gasteiger partial charge in [0.2, 0.25) is 0 Å². The first-order chi connectivity index (χ1) is 8.45. The van der Waals surface area contributed by atoms with Crippen molar-refractivity contribution in [2.24, 2.45) is 23.2 Å². The molecule has 3 heteroatoms. The second kappa shape index (κ2) is 3.69. The van der Waals surface area contributed by atoms with E-state index in [0.717, 1.165) is 12.8 Å². The smallest absolute Gasteiger partial charge is 0.309 e. The summed E-state index contributed by atoms with van der Waals surface area (Å²) in [4.78, 5) is 24.0. The Labute approximate surface area is 108 Å². The predicted octanol–water partition coefficient (Wildman–Crippen LogP) is 2.50. The van der Waals surface area contributed by atoms with Gasteiger partial charge in [-0.25, -0.2) is 0 Å². The Kier molecular flexibility index (Phi) is 2.45. The Morgan fingerprint density at radius 2 is 2.11 bits per heavy atom.